The lowest BCUT2D eigenvalue weighted by Gasteiger charge is -2.35. The van der Waals surface area contributed by atoms with Crippen LogP contribution in [0.25, 0.3) is 12.2 Å². The highest BCUT2D eigenvalue weighted by Crippen LogP contribution is 2.34. The van der Waals surface area contributed by atoms with E-state index in [0.29, 0.717) is 38.3 Å². The molecule has 3 aliphatic rings. The van der Waals surface area contributed by atoms with E-state index in [0.717, 1.165) is 46.9 Å². The van der Waals surface area contributed by atoms with Crippen LogP contribution < -0.4 is 20.0 Å². The van der Waals surface area contributed by atoms with E-state index in [-0.39, 0.29) is 30.2 Å². The number of ether oxygens (including phenoxy) is 2. The maximum Gasteiger partial charge on any atom is 0.416 e. The summed E-state index contributed by atoms with van der Waals surface area (Å²) in [6.45, 7) is 3.74. The van der Waals surface area contributed by atoms with Gasteiger partial charge in [-0.3, -0.25) is 14.6 Å². The second-order valence-corrected chi connectivity index (χ2v) is 11.5. The first-order valence-electron chi connectivity index (χ1n) is 14.5. The van der Waals surface area contributed by atoms with E-state index in [9.17, 15) is 14.0 Å². The van der Waals surface area contributed by atoms with Gasteiger partial charge in [-0.05, 0) is 60.4 Å². The Bertz CT molecular complexity index is 1590. The van der Waals surface area contributed by atoms with Gasteiger partial charge in [0.1, 0.15) is 23.4 Å². The molecule has 3 aromatic rings. The predicted molar refractivity (Wildman–Crippen MR) is 160 cm³/mol. The number of hydrogen-bond donors (Lipinski definition) is 2. The van der Waals surface area contributed by atoms with Crippen molar-refractivity contribution in [3.63, 3.8) is 0 Å². The van der Waals surface area contributed by atoms with Crippen LogP contribution in [0.1, 0.15) is 29.3 Å². The van der Waals surface area contributed by atoms with Crippen molar-refractivity contribution in [1.82, 2.24) is 19.7 Å². The number of β-amino-alcohol motifs (C(OH)–C–C–N with tert-alkyl or cyclic N) is 1. The molecule has 9 nitrogen and oxygen atoms in total. The van der Waals surface area contributed by atoms with Gasteiger partial charge < -0.3 is 24.5 Å². The number of amides is 2. The third-order valence-corrected chi connectivity index (χ3v) is 8.55. The van der Waals surface area contributed by atoms with Crippen LogP contribution in [0.2, 0.25) is 0 Å². The van der Waals surface area contributed by atoms with Gasteiger partial charge in [0, 0.05) is 55.5 Å². The third-order valence-electron chi connectivity index (χ3n) is 8.24. The third kappa shape index (κ3) is 6.41. The Hall–Kier alpha value is -3.86. The molecule has 3 heterocycles. The van der Waals surface area contributed by atoms with E-state index in [1.54, 1.807) is 21.9 Å². The number of carbonyl (C=O) groups is 2. The molecule has 2 aliphatic heterocycles. The second kappa shape index (κ2) is 12.8. The van der Waals surface area contributed by atoms with Gasteiger partial charge in [0.25, 0.3) is 5.91 Å². The molecule has 0 radical (unpaired) electrons. The van der Waals surface area contributed by atoms with E-state index in [1.807, 2.05) is 12.1 Å². The van der Waals surface area contributed by atoms with Gasteiger partial charge in [0.2, 0.25) is 0 Å². The van der Waals surface area contributed by atoms with Crippen LogP contribution in [-0.4, -0.2) is 94.7 Å². The highest BCUT2D eigenvalue weighted by Gasteiger charge is 2.36. The van der Waals surface area contributed by atoms with Crippen molar-refractivity contribution in [3.8, 4) is 11.5 Å². The maximum absolute atomic E-state index is 13.5. The zero-order valence-electron chi connectivity index (χ0n) is 23.7. The monoisotopic (exact) mass is 608 g/mol. The van der Waals surface area contributed by atoms with Crippen molar-refractivity contribution >= 4 is 35.8 Å². The average Bonchev–Trinajstić information content (AvgIpc) is 3.39. The van der Waals surface area contributed by atoms with Crippen molar-refractivity contribution in [2.45, 2.75) is 24.3 Å². The number of H-pyrrole nitrogens is 1. The average molecular weight is 609 g/mol. The largest absolute Gasteiger partial charge is 0.484 e. The van der Waals surface area contributed by atoms with Crippen LogP contribution in [0.15, 0.2) is 48.5 Å². The number of hydrogen-bond acceptors (Lipinski definition) is 6. The number of benzene rings is 2. The fourth-order valence-corrected chi connectivity index (χ4v) is 6.21. The zero-order chi connectivity index (χ0) is 29.9. The lowest BCUT2D eigenvalue weighted by atomic mass is 9.92. The van der Waals surface area contributed by atoms with E-state index in [1.165, 1.54) is 24.3 Å². The number of nitrogens with one attached hydrogen (secondary N) is 1. The Labute approximate surface area is 253 Å². The summed E-state index contributed by atoms with van der Waals surface area (Å²) in [5.41, 5.74) is 2.86. The number of nitrogens with zero attached hydrogens (tertiary/aromatic N) is 3. The van der Waals surface area contributed by atoms with Gasteiger partial charge in [0.15, 0.2) is 6.61 Å². The van der Waals surface area contributed by atoms with Crippen LogP contribution in [0.4, 0.5) is 9.18 Å². The molecule has 6 rings (SSSR count). The number of aromatic amines is 1. The first kappa shape index (κ1) is 29.2. The number of aliphatic hydroxyl groups excluding tert-OH is 1. The van der Waals surface area contributed by atoms with Gasteiger partial charge in [-0.15, -0.1) is 11.6 Å². The molecule has 11 heteroatoms. The number of rotatable bonds is 7. The highest BCUT2D eigenvalue weighted by molar-refractivity contribution is 6.24. The highest BCUT2D eigenvalue weighted by atomic mass is 35.5. The molecule has 2 N–H and O–H groups in total. The summed E-state index contributed by atoms with van der Waals surface area (Å²) in [4.78, 5) is 35.3. The van der Waals surface area contributed by atoms with Crippen LogP contribution in [-0.2, 0) is 11.2 Å². The van der Waals surface area contributed by atoms with E-state index in [2.05, 4.69) is 22.0 Å². The molecular weight excluding hydrogens is 575 g/mol. The fourth-order valence-electron chi connectivity index (χ4n) is 6.00. The summed E-state index contributed by atoms with van der Waals surface area (Å²) < 4.78 is 24.9. The van der Waals surface area contributed by atoms with E-state index in [4.69, 9.17) is 26.2 Å². The predicted octanol–water partition coefficient (Wildman–Crippen LogP) is 2.39. The lowest BCUT2D eigenvalue weighted by Crippen LogP contribution is -2.50. The molecular formula is C32H34ClFN4O5. The minimum atomic E-state index is -0.539. The van der Waals surface area contributed by atoms with Crippen molar-refractivity contribution in [2.24, 2.45) is 0 Å². The fraction of sp³-hybridized carbons (Fsp3) is 0.375. The molecule has 0 spiro atoms. The van der Waals surface area contributed by atoms with Crippen molar-refractivity contribution in [2.75, 3.05) is 52.5 Å². The normalized spacial score (nSPS) is 20.0. The molecule has 1 saturated heterocycles. The van der Waals surface area contributed by atoms with Gasteiger partial charge >= 0.3 is 6.09 Å². The number of halogens is 2. The summed E-state index contributed by atoms with van der Waals surface area (Å²) >= 11 is 6.45. The van der Waals surface area contributed by atoms with Crippen molar-refractivity contribution < 1.29 is 28.6 Å². The summed E-state index contributed by atoms with van der Waals surface area (Å²) in [6.07, 6.45) is 4.96. The number of fused-ring (bicyclic) bond motifs is 3. The summed E-state index contributed by atoms with van der Waals surface area (Å²) in [5, 5.41) is 11.1. The smallest absolute Gasteiger partial charge is 0.416 e. The maximum atomic E-state index is 13.5. The van der Waals surface area contributed by atoms with Crippen LogP contribution >= 0.6 is 11.6 Å². The van der Waals surface area contributed by atoms with Crippen LogP contribution in [0, 0.1) is 5.82 Å². The number of piperazine rings is 1. The molecule has 1 aliphatic carbocycles. The van der Waals surface area contributed by atoms with E-state index >= 15 is 0 Å². The Morgan fingerprint density at radius 3 is 2.44 bits per heavy atom. The Morgan fingerprint density at radius 1 is 1.00 bits per heavy atom. The van der Waals surface area contributed by atoms with E-state index < -0.39 is 18.0 Å². The van der Waals surface area contributed by atoms with Crippen LogP contribution in [0.5, 0.6) is 11.5 Å². The first-order chi connectivity index (χ1) is 20.9. The van der Waals surface area contributed by atoms with Gasteiger partial charge in [-0.2, -0.15) is 0 Å². The summed E-state index contributed by atoms with van der Waals surface area (Å²) in [6, 6.07) is 12.3. The molecule has 1 fully saturated rings. The number of carbonyl (C=O) groups excluding carboxylic acids is 2. The zero-order valence-corrected chi connectivity index (χ0v) is 24.4. The topological polar surface area (TPSA) is 98.3 Å². The molecule has 2 atom stereocenters. The number of alkyl halides is 1. The minimum Gasteiger partial charge on any atom is -0.484 e. The lowest BCUT2D eigenvalue weighted by molar-refractivity contribution is -0.135. The first-order valence-corrected chi connectivity index (χ1v) is 15.0. The van der Waals surface area contributed by atoms with Crippen molar-refractivity contribution in [1.29, 1.82) is 0 Å². The molecule has 2 amide bonds. The molecule has 2 aromatic carbocycles. The molecule has 2 unspecified atom stereocenters. The summed E-state index contributed by atoms with van der Waals surface area (Å²) in [7, 11) is 0. The molecule has 43 heavy (non-hydrogen) atoms. The standard InChI is InChI=1S/C32H34ClFN4O5/c33-22-3-10-28-27(19-22)26-11-12-38(32(41)43-25-8-4-23(34)5-9-25)31(30(26)35-28)21-1-6-24(7-2-21)42-20-29(40)37-15-13-36(14-16-37)17-18-39/h1-2,4-10,19,22,31,35,39H,3,11-18,20H2. The summed E-state index contributed by atoms with van der Waals surface area (Å²) in [5.74, 6) is 0.315. The minimum absolute atomic E-state index is 0.0718. The van der Waals surface area contributed by atoms with Gasteiger partial charge in [-0.1, -0.05) is 24.3 Å². The van der Waals surface area contributed by atoms with Gasteiger partial charge in [-0.25, -0.2) is 9.18 Å². The molecule has 226 valence electrons. The Balaban J connectivity index is 1.21. The Kier molecular flexibility index (Phi) is 8.69. The van der Waals surface area contributed by atoms with Crippen molar-refractivity contribution in [3.05, 3.63) is 81.7 Å². The second-order valence-electron chi connectivity index (χ2n) is 10.9. The number of aliphatic hydroxyl groups is 1. The SMILES string of the molecule is O=C(COc1ccc(C2c3[nH]c4c(c3CCN2C(=O)Oc2ccc(F)cc2)=CC(Cl)CC=4)cc1)N1CCN(CCO)CC1. The molecule has 0 saturated carbocycles. The number of aromatic nitrogens is 1. The quantitative estimate of drug-likeness (QED) is 0.400. The van der Waals surface area contributed by atoms with Gasteiger partial charge in [0.05, 0.1) is 12.0 Å². The molecule has 0 bridgehead atoms. The Morgan fingerprint density at radius 2 is 1.72 bits per heavy atom. The van der Waals surface area contributed by atoms with Crippen LogP contribution in [0.3, 0.4) is 0 Å². The molecule has 1 aromatic heterocycles.